The number of halogens is 1. The molecule has 0 amide bonds. The Bertz CT molecular complexity index is 554. The fourth-order valence-corrected chi connectivity index (χ4v) is 2.64. The number of hydrogen-bond donors (Lipinski definition) is 1. The first kappa shape index (κ1) is 14.5. The number of anilines is 1. The normalized spacial score (nSPS) is 12.2. The lowest BCUT2D eigenvalue weighted by Gasteiger charge is -2.33. The minimum atomic E-state index is -0.204. The van der Waals surface area contributed by atoms with E-state index in [1.54, 1.807) is 6.07 Å². The van der Waals surface area contributed by atoms with Gasteiger partial charge in [-0.15, -0.1) is 0 Å². The van der Waals surface area contributed by atoms with Gasteiger partial charge in [-0.25, -0.2) is 4.39 Å². The zero-order valence-electron chi connectivity index (χ0n) is 12.0. The van der Waals surface area contributed by atoms with Crippen LogP contribution in [0.2, 0.25) is 0 Å². The smallest absolute Gasteiger partial charge is 0.123 e. The zero-order chi connectivity index (χ0) is 14.5. The summed E-state index contributed by atoms with van der Waals surface area (Å²) in [4.78, 5) is 2.25. The Kier molecular flexibility index (Phi) is 4.74. The summed E-state index contributed by atoms with van der Waals surface area (Å²) in [5, 5.41) is 0. The van der Waals surface area contributed by atoms with Crippen LogP contribution in [0.25, 0.3) is 0 Å². The van der Waals surface area contributed by atoms with Gasteiger partial charge in [0.15, 0.2) is 0 Å². The van der Waals surface area contributed by atoms with Crippen LogP contribution in [-0.4, -0.2) is 13.1 Å². The van der Waals surface area contributed by atoms with Crippen LogP contribution < -0.4 is 10.6 Å². The van der Waals surface area contributed by atoms with Crippen molar-refractivity contribution in [3.8, 4) is 0 Å². The van der Waals surface area contributed by atoms with E-state index in [1.165, 1.54) is 6.07 Å². The van der Waals surface area contributed by atoms with Crippen LogP contribution in [0.4, 0.5) is 10.1 Å². The third-order valence-electron chi connectivity index (χ3n) is 3.62. The van der Waals surface area contributed by atoms with Crippen LogP contribution in [0.3, 0.4) is 0 Å². The molecule has 0 aliphatic heterocycles. The number of rotatable bonds is 5. The maximum absolute atomic E-state index is 13.3. The molecule has 0 heterocycles. The summed E-state index contributed by atoms with van der Waals surface area (Å²) >= 11 is 0. The van der Waals surface area contributed by atoms with Crippen molar-refractivity contribution in [2.45, 2.75) is 19.9 Å². The second-order valence-electron chi connectivity index (χ2n) is 4.87. The van der Waals surface area contributed by atoms with Crippen molar-refractivity contribution in [2.75, 3.05) is 18.0 Å². The standard InChI is InChI=1S/C17H21FN2/c1-3-20(15-7-5-4-6-8-15)17(12-19)16-10-9-14(18)11-13(16)2/h4-11,17H,3,12,19H2,1-2H3. The summed E-state index contributed by atoms with van der Waals surface area (Å²) in [6.07, 6.45) is 0. The molecule has 0 aliphatic carbocycles. The van der Waals surface area contributed by atoms with Gasteiger partial charge in [0, 0.05) is 18.8 Å². The average molecular weight is 272 g/mol. The lowest BCUT2D eigenvalue weighted by Crippen LogP contribution is -2.34. The van der Waals surface area contributed by atoms with E-state index >= 15 is 0 Å². The van der Waals surface area contributed by atoms with Gasteiger partial charge in [-0.05, 0) is 49.2 Å². The highest BCUT2D eigenvalue weighted by Gasteiger charge is 2.19. The quantitative estimate of drug-likeness (QED) is 0.900. The SMILES string of the molecule is CCN(c1ccccc1)C(CN)c1ccc(F)cc1C. The summed E-state index contributed by atoms with van der Waals surface area (Å²) in [6.45, 7) is 5.38. The molecule has 2 aromatic carbocycles. The Morgan fingerprint density at radius 2 is 1.85 bits per heavy atom. The van der Waals surface area contributed by atoms with E-state index in [-0.39, 0.29) is 11.9 Å². The molecular weight excluding hydrogens is 251 g/mol. The Balaban J connectivity index is 2.39. The van der Waals surface area contributed by atoms with E-state index in [0.717, 1.165) is 23.4 Å². The largest absolute Gasteiger partial charge is 0.363 e. The molecule has 0 saturated carbocycles. The fraction of sp³-hybridized carbons (Fsp3) is 0.294. The predicted octanol–water partition coefficient (Wildman–Crippen LogP) is 3.66. The Labute approximate surface area is 120 Å². The number of likely N-dealkylation sites (N-methyl/N-ethyl adjacent to an activating group) is 1. The molecule has 0 aromatic heterocycles. The first-order valence-electron chi connectivity index (χ1n) is 6.95. The lowest BCUT2D eigenvalue weighted by atomic mass is 9.99. The van der Waals surface area contributed by atoms with E-state index in [1.807, 2.05) is 31.2 Å². The van der Waals surface area contributed by atoms with Crippen LogP contribution in [0.5, 0.6) is 0 Å². The molecule has 2 N–H and O–H groups in total. The summed E-state index contributed by atoms with van der Waals surface area (Å²) < 4.78 is 13.3. The van der Waals surface area contributed by atoms with Crippen LogP contribution in [0.1, 0.15) is 24.1 Å². The minimum Gasteiger partial charge on any atom is -0.363 e. The van der Waals surface area contributed by atoms with Crippen LogP contribution in [0.15, 0.2) is 48.5 Å². The van der Waals surface area contributed by atoms with Gasteiger partial charge >= 0.3 is 0 Å². The van der Waals surface area contributed by atoms with Gasteiger partial charge < -0.3 is 10.6 Å². The van der Waals surface area contributed by atoms with Crippen molar-refractivity contribution in [2.24, 2.45) is 5.73 Å². The van der Waals surface area contributed by atoms with Crippen molar-refractivity contribution in [1.29, 1.82) is 0 Å². The molecule has 0 fully saturated rings. The van der Waals surface area contributed by atoms with Crippen molar-refractivity contribution >= 4 is 5.69 Å². The van der Waals surface area contributed by atoms with E-state index in [2.05, 4.69) is 24.0 Å². The first-order valence-corrected chi connectivity index (χ1v) is 6.95. The minimum absolute atomic E-state index is 0.0583. The maximum Gasteiger partial charge on any atom is 0.123 e. The zero-order valence-corrected chi connectivity index (χ0v) is 12.0. The molecule has 2 aromatic rings. The topological polar surface area (TPSA) is 29.3 Å². The monoisotopic (exact) mass is 272 g/mol. The molecule has 1 unspecified atom stereocenters. The predicted molar refractivity (Wildman–Crippen MR) is 82.4 cm³/mol. The maximum atomic E-state index is 13.3. The second kappa shape index (κ2) is 6.53. The van der Waals surface area contributed by atoms with Gasteiger partial charge in [0.1, 0.15) is 5.82 Å². The molecule has 0 spiro atoms. The lowest BCUT2D eigenvalue weighted by molar-refractivity contribution is 0.614. The van der Waals surface area contributed by atoms with Crippen molar-refractivity contribution in [3.05, 3.63) is 65.5 Å². The highest BCUT2D eigenvalue weighted by Crippen LogP contribution is 2.28. The number of aryl methyl sites for hydroxylation is 1. The molecule has 20 heavy (non-hydrogen) atoms. The van der Waals surface area contributed by atoms with Gasteiger partial charge in [0.25, 0.3) is 0 Å². The van der Waals surface area contributed by atoms with Gasteiger partial charge in [-0.1, -0.05) is 24.3 Å². The van der Waals surface area contributed by atoms with Gasteiger partial charge in [-0.3, -0.25) is 0 Å². The second-order valence-corrected chi connectivity index (χ2v) is 4.87. The summed E-state index contributed by atoms with van der Waals surface area (Å²) in [5.41, 5.74) is 9.15. The van der Waals surface area contributed by atoms with Crippen molar-refractivity contribution < 1.29 is 4.39 Å². The van der Waals surface area contributed by atoms with Crippen molar-refractivity contribution in [3.63, 3.8) is 0 Å². The first-order chi connectivity index (χ1) is 9.67. The van der Waals surface area contributed by atoms with Gasteiger partial charge in [0.2, 0.25) is 0 Å². The molecule has 2 rings (SSSR count). The molecule has 0 bridgehead atoms. The molecule has 1 atom stereocenters. The molecule has 106 valence electrons. The molecule has 3 heteroatoms. The highest BCUT2D eigenvalue weighted by molar-refractivity contribution is 5.49. The van der Waals surface area contributed by atoms with Gasteiger partial charge in [-0.2, -0.15) is 0 Å². The Morgan fingerprint density at radius 3 is 2.40 bits per heavy atom. The van der Waals surface area contributed by atoms with Crippen LogP contribution in [0, 0.1) is 12.7 Å². The third kappa shape index (κ3) is 2.99. The fourth-order valence-electron chi connectivity index (χ4n) is 2.64. The number of benzene rings is 2. The summed E-state index contributed by atoms with van der Waals surface area (Å²) in [5.74, 6) is -0.204. The molecule has 0 aliphatic rings. The molecule has 2 nitrogen and oxygen atoms in total. The van der Waals surface area contributed by atoms with E-state index in [4.69, 9.17) is 5.73 Å². The number of hydrogen-bond acceptors (Lipinski definition) is 2. The molecular formula is C17H21FN2. The Morgan fingerprint density at radius 1 is 1.15 bits per heavy atom. The summed E-state index contributed by atoms with van der Waals surface area (Å²) in [7, 11) is 0. The average Bonchev–Trinajstić information content (AvgIpc) is 2.46. The molecule has 0 radical (unpaired) electrons. The van der Waals surface area contributed by atoms with Crippen LogP contribution in [-0.2, 0) is 0 Å². The highest BCUT2D eigenvalue weighted by atomic mass is 19.1. The van der Waals surface area contributed by atoms with Crippen LogP contribution >= 0.6 is 0 Å². The summed E-state index contributed by atoms with van der Waals surface area (Å²) in [6, 6.07) is 15.2. The number of para-hydroxylation sites is 1. The number of nitrogens with zero attached hydrogens (tertiary/aromatic N) is 1. The van der Waals surface area contributed by atoms with Gasteiger partial charge in [0.05, 0.1) is 6.04 Å². The third-order valence-corrected chi connectivity index (χ3v) is 3.62. The van der Waals surface area contributed by atoms with E-state index in [0.29, 0.717) is 6.54 Å². The Hall–Kier alpha value is -1.87. The van der Waals surface area contributed by atoms with E-state index in [9.17, 15) is 4.39 Å². The number of nitrogens with two attached hydrogens (primary N) is 1. The van der Waals surface area contributed by atoms with E-state index < -0.39 is 0 Å². The van der Waals surface area contributed by atoms with Crippen molar-refractivity contribution in [1.82, 2.24) is 0 Å². The molecule has 0 saturated heterocycles.